The lowest BCUT2D eigenvalue weighted by molar-refractivity contribution is 0.102. The number of para-hydroxylation sites is 2. The maximum absolute atomic E-state index is 13.1. The van der Waals surface area contributed by atoms with Gasteiger partial charge in [-0.2, -0.15) is 4.31 Å². The summed E-state index contributed by atoms with van der Waals surface area (Å²) in [5, 5.41) is 5.11. The summed E-state index contributed by atoms with van der Waals surface area (Å²) in [6.45, 7) is 5.31. The van der Waals surface area contributed by atoms with E-state index in [1.54, 1.807) is 30.5 Å². The number of nitrogens with one attached hydrogen (secondary N) is 1. The topological polar surface area (TPSA) is 69.7 Å². The molecule has 1 N–H and O–H groups in total. The molecule has 1 aliphatic heterocycles. The number of sulfonamides is 1. The van der Waals surface area contributed by atoms with Gasteiger partial charge in [-0.25, -0.2) is 8.42 Å². The molecule has 0 saturated heterocycles. The van der Waals surface area contributed by atoms with Crippen LogP contribution in [0.4, 0.5) is 11.4 Å². The molecule has 0 bridgehead atoms. The van der Waals surface area contributed by atoms with Crippen LogP contribution in [0.5, 0.6) is 0 Å². The Kier molecular flexibility index (Phi) is 6.37. The van der Waals surface area contributed by atoms with E-state index in [0.717, 1.165) is 25.2 Å². The standard InChI is InChI=1S/C24H27N3O3S2/c1-17(2)26(3)32(29,30)20-8-6-7-18(15-20)24(28)25-21-9-4-5-10-22(21)27-13-11-23-19(16-27)12-14-31-23/h4-10,12,14-15,17H,11,13,16H2,1-3H3,(H,25,28). The number of thiophene rings is 1. The molecule has 1 aliphatic rings. The summed E-state index contributed by atoms with van der Waals surface area (Å²) in [5.41, 5.74) is 3.30. The molecule has 2 heterocycles. The van der Waals surface area contributed by atoms with Crippen LogP contribution in [0.25, 0.3) is 0 Å². The first kappa shape index (κ1) is 22.5. The number of nitrogens with zero attached hydrogens (tertiary/aromatic N) is 2. The van der Waals surface area contributed by atoms with Crippen molar-refractivity contribution in [2.24, 2.45) is 0 Å². The van der Waals surface area contributed by atoms with Gasteiger partial charge in [0.05, 0.1) is 16.3 Å². The molecule has 1 amide bonds. The van der Waals surface area contributed by atoms with Crippen LogP contribution in [0.15, 0.2) is 64.9 Å². The quantitative estimate of drug-likeness (QED) is 0.573. The molecule has 0 saturated carbocycles. The van der Waals surface area contributed by atoms with Crippen LogP contribution >= 0.6 is 11.3 Å². The third-order valence-electron chi connectivity index (χ3n) is 5.80. The number of carbonyl (C=O) groups excluding carboxylic acids is 1. The summed E-state index contributed by atoms with van der Waals surface area (Å²) in [6, 6.07) is 15.9. The summed E-state index contributed by atoms with van der Waals surface area (Å²) in [6.07, 6.45) is 0.985. The van der Waals surface area contributed by atoms with E-state index in [9.17, 15) is 13.2 Å². The molecule has 0 unspecified atom stereocenters. The highest BCUT2D eigenvalue weighted by atomic mass is 32.2. The Morgan fingerprint density at radius 2 is 1.91 bits per heavy atom. The van der Waals surface area contributed by atoms with Gasteiger partial charge in [0.15, 0.2) is 0 Å². The Morgan fingerprint density at radius 1 is 1.12 bits per heavy atom. The second-order valence-corrected chi connectivity index (χ2v) is 11.2. The summed E-state index contributed by atoms with van der Waals surface area (Å²) in [5.74, 6) is -0.338. The number of rotatable bonds is 6. The molecule has 0 radical (unpaired) electrons. The van der Waals surface area contributed by atoms with E-state index in [-0.39, 0.29) is 16.8 Å². The van der Waals surface area contributed by atoms with Crippen LogP contribution in [-0.2, 0) is 23.0 Å². The zero-order chi connectivity index (χ0) is 22.9. The Morgan fingerprint density at radius 3 is 2.69 bits per heavy atom. The van der Waals surface area contributed by atoms with E-state index in [1.807, 2.05) is 38.1 Å². The highest BCUT2D eigenvalue weighted by Gasteiger charge is 2.24. The monoisotopic (exact) mass is 469 g/mol. The van der Waals surface area contributed by atoms with Gasteiger partial charge >= 0.3 is 0 Å². The number of benzene rings is 2. The number of carbonyl (C=O) groups is 1. The highest BCUT2D eigenvalue weighted by molar-refractivity contribution is 7.89. The van der Waals surface area contributed by atoms with Gasteiger partial charge in [-0.3, -0.25) is 4.79 Å². The van der Waals surface area contributed by atoms with Gasteiger partial charge in [0, 0.05) is 36.6 Å². The van der Waals surface area contributed by atoms with E-state index < -0.39 is 10.0 Å². The maximum Gasteiger partial charge on any atom is 0.255 e. The van der Waals surface area contributed by atoms with Crippen LogP contribution in [0.2, 0.25) is 0 Å². The first-order chi connectivity index (χ1) is 15.3. The van der Waals surface area contributed by atoms with Crippen molar-refractivity contribution in [3.63, 3.8) is 0 Å². The van der Waals surface area contributed by atoms with Gasteiger partial charge < -0.3 is 10.2 Å². The van der Waals surface area contributed by atoms with E-state index in [2.05, 4.69) is 21.7 Å². The van der Waals surface area contributed by atoms with Crippen molar-refractivity contribution in [3.8, 4) is 0 Å². The Hall–Kier alpha value is -2.68. The second kappa shape index (κ2) is 9.05. The SMILES string of the molecule is CC(C)N(C)S(=O)(=O)c1cccc(C(=O)Nc2ccccc2N2CCc3sccc3C2)c1. The predicted molar refractivity (Wildman–Crippen MR) is 130 cm³/mol. The molecule has 168 valence electrons. The molecule has 0 fully saturated rings. The minimum absolute atomic E-state index is 0.107. The summed E-state index contributed by atoms with van der Waals surface area (Å²) in [4.78, 5) is 16.9. The molecule has 8 heteroatoms. The largest absolute Gasteiger partial charge is 0.365 e. The van der Waals surface area contributed by atoms with Crippen LogP contribution in [0.3, 0.4) is 0 Å². The Labute approximate surface area is 193 Å². The number of hydrogen-bond donors (Lipinski definition) is 1. The van der Waals surface area contributed by atoms with Gasteiger partial charge in [-0.15, -0.1) is 11.3 Å². The zero-order valence-electron chi connectivity index (χ0n) is 18.4. The average Bonchev–Trinajstić information content (AvgIpc) is 3.27. The van der Waals surface area contributed by atoms with Gasteiger partial charge in [-0.1, -0.05) is 18.2 Å². The minimum Gasteiger partial charge on any atom is -0.365 e. The molecule has 2 aromatic carbocycles. The number of fused-ring (bicyclic) bond motifs is 1. The van der Waals surface area contributed by atoms with Crippen molar-refractivity contribution in [2.75, 3.05) is 23.8 Å². The maximum atomic E-state index is 13.1. The Bertz CT molecular complexity index is 1230. The van der Waals surface area contributed by atoms with Crippen molar-refractivity contribution in [3.05, 3.63) is 76.0 Å². The molecule has 4 rings (SSSR count). The molecule has 0 spiro atoms. The van der Waals surface area contributed by atoms with Crippen molar-refractivity contribution in [1.29, 1.82) is 0 Å². The van der Waals surface area contributed by atoms with E-state index in [4.69, 9.17) is 0 Å². The van der Waals surface area contributed by atoms with Crippen LogP contribution in [-0.4, -0.2) is 38.3 Å². The lowest BCUT2D eigenvalue weighted by Crippen LogP contribution is -2.33. The van der Waals surface area contributed by atoms with Crippen molar-refractivity contribution in [2.45, 2.75) is 37.8 Å². The first-order valence-electron chi connectivity index (χ1n) is 10.6. The minimum atomic E-state index is -3.67. The molecule has 0 atom stereocenters. The van der Waals surface area contributed by atoms with Gasteiger partial charge in [0.1, 0.15) is 0 Å². The predicted octanol–water partition coefficient (Wildman–Crippen LogP) is 4.59. The fourth-order valence-electron chi connectivity index (χ4n) is 3.75. The summed E-state index contributed by atoms with van der Waals surface area (Å²) in [7, 11) is -2.13. The van der Waals surface area contributed by atoms with Crippen molar-refractivity contribution < 1.29 is 13.2 Å². The highest BCUT2D eigenvalue weighted by Crippen LogP contribution is 2.32. The number of hydrogen-bond acceptors (Lipinski definition) is 5. The van der Waals surface area contributed by atoms with Crippen molar-refractivity contribution >= 4 is 38.6 Å². The fourth-order valence-corrected chi connectivity index (χ4v) is 6.05. The Balaban J connectivity index is 1.57. The lowest BCUT2D eigenvalue weighted by atomic mass is 10.1. The molecule has 3 aromatic rings. The molecule has 6 nitrogen and oxygen atoms in total. The number of amides is 1. The summed E-state index contributed by atoms with van der Waals surface area (Å²) >= 11 is 1.79. The van der Waals surface area contributed by atoms with Crippen LogP contribution in [0, 0.1) is 0 Å². The third-order valence-corrected chi connectivity index (χ3v) is 8.85. The molecular weight excluding hydrogens is 442 g/mol. The van der Waals surface area contributed by atoms with Gasteiger partial charge in [-0.05, 0) is 67.6 Å². The van der Waals surface area contributed by atoms with Gasteiger partial charge in [0.2, 0.25) is 10.0 Å². The fraction of sp³-hybridized carbons (Fsp3) is 0.292. The first-order valence-corrected chi connectivity index (χ1v) is 12.9. The zero-order valence-corrected chi connectivity index (χ0v) is 20.0. The molecule has 0 aliphatic carbocycles. The van der Waals surface area contributed by atoms with Crippen LogP contribution < -0.4 is 10.2 Å². The average molecular weight is 470 g/mol. The van der Waals surface area contributed by atoms with Crippen molar-refractivity contribution in [1.82, 2.24) is 4.31 Å². The smallest absolute Gasteiger partial charge is 0.255 e. The van der Waals surface area contributed by atoms with E-state index in [1.165, 1.54) is 26.9 Å². The second-order valence-electron chi connectivity index (χ2n) is 8.15. The van der Waals surface area contributed by atoms with Crippen LogP contribution in [0.1, 0.15) is 34.6 Å². The van der Waals surface area contributed by atoms with E-state index in [0.29, 0.717) is 11.3 Å². The number of anilines is 2. The molecule has 1 aromatic heterocycles. The summed E-state index contributed by atoms with van der Waals surface area (Å²) < 4.78 is 27.0. The third kappa shape index (κ3) is 4.44. The molecular formula is C24H27N3O3S2. The van der Waals surface area contributed by atoms with E-state index >= 15 is 0 Å². The van der Waals surface area contributed by atoms with Gasteiger partial charge in [0.25, 0.3) is 5.91 Å². The normalized spacial score (nSPS) is 14.0. The lowest BCUT2D eigenvalue weighted by Gasteiger charge is -2.30. The molecule has 32 heavy (non-hydrogen) atoms.